The van der Waals surface area contributed by atoms with Crippen molar-refractivity contribution >= 4 is 17.7 Å². The molecule has 0 saturated carbocycles. The maximum absolute atomic E-state index is 11.5. The molecule has 4 heteroatoms. The molecule has 0 radical (unpaired) electrons. The Balaban J connectivity index is 3.64. The third kappa shape index (κ3) is 10.1. The van der Waals surface area contributed by atoms with Crippen molar-refractivity contribution in [1.29, 1.82) is 0 Å². The Kier molecular flexibility index (Phi) is 7.02. The minimum atomic E-state index is 0.0837. The summed E-state index contributed by atoms with van der Waals surface area (Å²) in [4.78, 5) is 11.5. The lowest BCUT2D eigenvalue weighted by atomic mass is 10.2. The third-order valence-corrected chi connectivity index (χ3v) is 3.11. The van der Waals surface area contributed by atoms with E-state index in [0.29, 0.717) is 5.75 Å². The summed E-state index contributed by atoms with van der Waals surface area (Å²) in [6.07, 6.45) is 1.58. The van der Waals surface area contributed by atoms with Gasteiger partial charge in [-0.05, 0) is 19.8 Å². The van der Waals surface area contributed by atoms with Crippen molar-refractivity contribution in [3.8, 4) is 0 Å². The van der Waals surface area contributed by atoms with Crippen molar-refractivity contribution < 1.29 is 9.90 Å². The molecule has 0 aromatic heterocycles. The number of hydrogen-bond acceptors (Lipinski definition) is 3. The van der Waals surface area contributed by atoms with E-state index in [-0.39, 0.29) is 23.3 Å². The molecule has 90 valence electrons. The van der Waals surface area contributed by atoms with Crippen molar-refractivity contribution in [2.75, 3.05) is 12.4 Å². The molecule has 0 aromatic carbocycles. The van der Waals surface area contributed by atoms with Gasteiger partial charge in [-0.1, -0.05) is 20.8 Å². The zero-order valence-electron chi connectivity index (χ0n) is 10.2. The minimum absolute atomic E-state index is 0.0837. The van der Waals surface area contributed by atoms with Gasteiger partial charge in [0.15, 0.2) is 0 Å². The molecule has 3 nitrogen and oxygen atoms in total. The zero-order chi connectivity index (χ0) is 11.9. The lowest BCUT2D eigenvalue weighted by Gasteiger charge is -2.18. The normalized spacial score (nSPS) is 13.7. The summed E-state index contributed by atoms with van der Waals surface area (Å²) in [5.74, 6) is 0.591. The molecule has 15 heavy (non-hydrogen) atoms. The highest BCUT2D eigenvalue weighted by Gasteiger charge is 2.14. The van der Waals surface area contributed by atoms with Crippen molar-refractivity contribution in [3.05, 3.63) is 0 Å². The molecular formula is C11H23NO2S. The van der Waals surface area contributed by atoms with Crippen LogP contribution < -0.4 is 5.32 Å². The average Bonchev–Trinajstić information content (AvgIpc) is 2.10. The molecule has 1 unspecified atom stereocenters. The quantitative estimate of drug-likeness (QED) is 0.735. The van der Waals surface area contributed by atoms with Gasteiger partial charge in [-0.15, -0.1) is 11.8 Å². The summed E-state index contributed by atoms with van der Waals surface area (Å²) < 4.78 is 0.131. The molecular weight excluding hydrogens is 210 g/mol. The molecule has 0 heterocycles. The molecule has 0 bridgehead atoms. The van der Waals surface area contributed by atoms with Gasteiger partial charge in [0.2, 0.25) is 5.91 Å². The van der Waals surface area contributed by atoms with Gasteiger partial charge in [-0.3, -0.25) is 4.79 Å². The summed E-state index contributed by atoms with van der Waals surface area (Å²) >= 11 is 1.65. The smallest absolute Gasteiger partial charge is 0.230 e. The van der Waals surface area contributed by atoms with Crippen LogP contribution in [0.3, 0.4) is 0 Å². The van der Waals surface area contributed by atoms with Gasteiger partial charge in [-0.2, -0.15) is 0 Å². The predicted molar refractivity (Wildman–Crippen MR) is 66.1 cm³/mol. The van der Waals surface area contributed by atoms with Crippen LogP contribution in [0.4, 0.5) is 0 Å². The van der Waals surface area contributed by atoms with Crippen LogP contribution >= 0.6 is 11.8 Å². The van der Waals surface area contributed by atoms with Crippen molar-refractivity contribution in [2.24, 2.45) is 0 Å². The summed E-state index contributed by atoms with van der Waals surface area (Å²) in [6.45, 7) is 8.45. The molecule has 0 spiro atoms. The largest absolute Gasteiger partial charge is 0.396 e. The Hall–Kier alpha value is -0.220. The summed E-state index contributed by atoms with van der Waals surface area (Å²) in [6, 6.07) is 0.158. The summed E-state index contributed by atoms with van der Waals surface area (Å²) in [7, 11) is 0. The van der Waals surface area contributed by atoms with Gasteiger partial charge in [0.1, 0.15) is 0 Å². The predicted octanol–water partition coefficient (Wildman–Crippen LogP) is 1.80. The number of amides is 1. The van der Waals surface area contributed by atoms with E-state index in [1.165, 1.54) is 0 Å². The van der Waals surface area contributed by atoms with Gasteiger partial charge < -0.3 is 10.4 Å². The van der Waals surface area contributed by atoms with Gasteiger partial charge in [0.25, 0.3) is 0 Å². The molecule has 1 atom stereocenters. The Morgan fingerprint density at radius 2 is 2.07 bits per heavy atom. The maximum Gasteiger partial charge on any atom is 0.230 e. The highest BCUT2D eigenvalue weighted by Crippen LogP contribution is 2.22. The van der Waals surface area contributed by atoms with Gasteiger partial charge in [0.05, 0.1) is 5.75 Å². The van der Waals surface area contributed by atoms with E-state index in [2.05, 4.69) is 26.1 Å². The molecule has 0 fully saturated rings. The molecule has 0 aromatic rings. The van der Waals surface area contributed by atoms with Gasteiger partial charge in [-0.25, -0.2) is 0 Å². The van der Waals surface area contributed by atoms with E-state index in [1.54, 1.807) is 11.8 Å². The van der Waals surface area contributed by atoms with Crippen molar-refractivity contribution in [2.45, 2.75) is 51.3 Å². The second kappa shape index (κ2) is 7.12. The number of carbonyl (C=O) groups excluding carboxylic acids is 1. The Morgan fingerprint density at radius 3 is 2.53 bits per heavy atom. The van der Waals surface area contributed by atoms with Crippen LogP contribution in [0.25, 0.3) is 0 Å². The molecule has 0 aliphatic heterocycles. The number of thioether (sulfide) groups is 1. The van der Waals surface area contributed by atoms with Crippen LogP contribution in [-0.2, 0) is 4.79 Å². The van der Waals surface area contributed by atoms with Crippen molar-refractivity contribution in [3.63, 3.8) is 0 Å². The summed E-state index contributed by atoms with van der Waals surface area (Å²) in [5.41, 5.74) is 0. The first-order valence-corrected chi connectivity index (χ1v) is 6.38. The lowest BCUT2D eigenvalue weighted by Crippen LogP contribution is -2.34. The monoisotopic (exact) mass is 233 g/mol. The number of rotatable bonds is 6. The number of hydrogen-bond donors (Lipinski definition) is 2. The second-order valence-electron chi connectivity index (χ2n) is 4.74. The van der Waals surface area contributed by atoms with Crippen LogP contribution in [0, 0.1) is 0 Å². The Bertz CT molecular complexity index is 190. The number of nitrogens with one attached hydrogen (secondary N) is 1. The second-order valence-corrected chi connectivity index (χ2v) is 6.54. The number of aliphatic hydroxyl groups is 1. The standard InChI is InChI=1S/C11H23NO2S/c1-9(6-5-7-13)12-10(14)8-15-11(2,3)4/h9,13H,5-8H2,1-4H3,(H,12,14). The zero-order valence-corrected chi connectivity index (χ0v) is 11.0. The summed E-state index contributed by atoms with van der Waals surface area (Å²) in [5, 5.41) is 11.6. The Labute approximate surface area is 97.0 Å². The van der Waals surface area contributed by atoms with E-state index < -0.39 is 0 Å². The topological polar surface area (TPSA) is 49.3 Å². The first-order chi connectivity index (χ1) is 6.85. The Morgan fingerprint density at radius 1 is 1.47 bits per heavy atom. The maximum atomic E-state index is 11.5. The van der Waals surface area contributed by atoms with E-state index in [1.807, 2.05) is 6.92 Å². The highest BCUT2D eigenvalue weighted by atomic mass is 32.2. The SMILES string of the molecule is CC(CCCO)NC(=O)CSC(C)(C)C. The minimum Gasteiger partial charge on any atom is -0.396 e. The van der Waals surface area contributed by atoms with Crippen LogP contribution in [0.2, 0.25) is 0 Å². The van der Waals surface area contributed by atoms with Gasteiger partial charge >= 0.3 is 0 Å². The first kappa shape index (κ1) is 14.8. The average molecular weight is 233 g/mol. The molecule has 0 aliphatic carbocycles. The highest BCUT2D eigenvalue weighted by molar-refractivity contribution is 8.01. The molecule has 2 N–H and O–H groups in total. The fourth-order valence-electron chi connectivity index (χ4n) is 1.07. The van der Waals surface area contributed by atoms with E-state index >= 15 is 0 Å². The fourth-order valence-corrected chi connectivity index (χ4v) is 1.72. The lowest BCUT2D eigenvalue weighted by molar-refractivity contribution is -0.119. The number of carbonyl (C=O) groups is 1. The van der Waals surface area contributed by atoms with Crippen LogP contribution in [0.15, 0.2) is 0 Å². The fraction of sp³-hybridized carbons (Fsp3) is 0.909. The first-order valence-electron chi connectivity index (χ1n) is 5.39. The van der Waals surface area contributed by atoms with E-state index in [4.69, 9.17) is 5.11 Å². The van der Waals surface area contributed by atoms with E-state index in [0.717, 1.165) is 12.8 Å². The number of aliphatic hydroxyl groups excluding tert-OH is 1. The van der Waals surface area contributed by atoms with Crippen molar-refractivity contribution in [1.82, 2.24) is 5.32 Å². The molecule has 0 saturated heterocycles. The molecule has 0 aliphatic rings. The molecule has 0 rings (SSSR count). The van der Waals surface area contributed by atoms with Gasteiger partial charge in [0, 0.05) is 17.4 Å². The third-order valence-electron chi connectivity index (χ3n) is 1.84. The van der Waals surface area contributed by atoms with Crippen LogP contribution in [0.1, 0.15) is 40.5 Å². The molecule has 1 amide bonds. The van der Waals surface area contributed by atoms with E-state index in [9.17, 15) is 4.79 Å². The van der Waals surface area contributed by atoms with Crippen LogP contribution in [-0.4, -0.2) is 34.2 Å². The van der Waals surface area contributed by atoms with Crippen LogP contribution in [0.5, 0.6) is 0 Å².